The highest BCUT2D eigenvalue weighted by molar-refractivity contribution is 6.37. The van der Waals surface area contributed by atoms with Crippen LogP contribution >= 0.6 is 23.2 Å². The van der Waals surface area contributed by atoms with Gasteiger partial charge in [-0.15, -0.1) is 0 Å². The van der Waals surface area contributed by atoms with E-state index in [1.807, 2.05) is 0 Å². The lowest BCUT2D eigenvalue weighted by Gasteiger charge is -2.12. The van der Waals surface area contributed by atoms with Gasteiger partial charge in [-0.1, -0.05) is 23.2 Å². The van der Waals surface area contributed by atoms with Crippen molar-refractivity contribution in [3.05, 3.63) is 40.1 Å². The minimum absolute atomic E-state index is 0.183. The fourth-order valence-corrected chi connectivity index (χ4v) is 2.10. The van der Waals surface area contributed by atoms with Gasteiger partial charge in [0.1, 0.15) is 0 Å². The molecular weight excluding hydrogens is 318 g/mol. The molecule has 1 aromatic heterocycles. The van der Waals surface area contributed by atoms with E-state index in [0.717, 1.165) is 0 Å². The van der Waals surface area contributed by atoms with E-state index in [4.69, 9.17) is 33.8 Å². The fourth-order valence-electron chi connectivity index (χ4n) is 1.64. The molecule has 2 aromatic rings. The summed E-state index contributed by atoms with van der Waals surface area (Å²) in [6, 6.07) is 5.94. The lowest BCUT2D eigenvalue weighted by molar-refractivity contribution is 0.321. The van der Waals surface area contributed by atoms with Gasteiger partial charge < -0.3 is 15.5 Å². The van der Waals surface area contributed by atoms with Crippen molar-refractivity contribution in [1.29, 1.82) is 0 Å². The highest BCUT2D eigenvalue weighted by Gasteiger charge is 2.10. The van der Waals surface area contributed by atoms with Crippen LogP contribution < -0.4 is 21.3 Å². The number of benzene rings is 1. The predicted molar refractivity (Wildman–Crippen MR) is 82.9 cm³/mol. The Labute approximate surface area is 131 Å². The van der Waals surface area contributed by atoms with Gasteiger partial charge in [0.05, 0.1) is 16.7 Å². The van der Waals surface area contributed by atoms with Crippen LogP contribution in [0.4, 0.5) is 21.7 Å². The predicted octanol–water partition coefficient (Wildman–Crippen LogP) is 3.96. The molecule has 0 amide bonds. The summed E-state index contributed by atoms with van der Waals surface area (Å²) in [5.41, 5.74) is 2.82. The Morgan fingerprint density at radius 2 is 1.95 bits per heavy atom. The maximum Gasteiger partial charge on any atom is 0.167 e. The Hall–Kier alpha value is -1.76. The van der Waals surface area contributed by atoms with Gasteiger partial charge in [-0.05, 0) is 25.1 Å². The molecule has 112 valence electrons. The number of nitrogen functional groups attached to an aromatic ring is 1. The van der Waals surface area contributed by atoms with Crippen LogP contribution in [0.2, 0.25) is 10.0 Å². The van der Waals surface area contributed by atoms with Crippen LogP contribution in [0, 0.1) is 5.82 Å². The molecule has 0 bridgehead atoms. The van der Waals surface area contributed by atoms with Gasteiger partial charge in [0.2, 0.25) is 0 Å². The average Bonchev–Trinajstić information content (AvgIpc) is 2.45. The number of nitrogens with one attached hydrogen (secondary N) is 2. The Kier molecular flexibility index (Phi) is 5.06. The first-order valence-electron chi connectivity index (χ1n) is 6.07. The zero-order valence-corrected chi connectivity index (χ0v) is 12.6. The number of aromatic nitrogens is 1. The molecule has 1 aromatic carbocycles. The van der Waals surface area contributed by atoms with Crippen molar-refractivity contribution in [1.82, 2.24) is 4.98 Å². The summed E-state index contributed by atoms with van der Waals surface area (Å²) >= 11 is 11.9. The SMILES string of the molecule is CCOc1ccc(Nc2nc(NN)c(Cl)cc2Cl)cc1F. The first kappa shape index (κ1) is 15.6. The maximum absolute atomic E-state index is 13.8. The van der Waals surface area contributed by atoms with Gasteiger partial charge in [0, 0.05) is 11.8 Å². The molecular formula is C13H13Cl2FN4O. The summed E-state index contributed by atoms with van der Waals surface area (Å²) in [5.74, 6) is 5.56. The van der Waals surface area contributed by atoms with Crippen LogP contribution in [-0.2, 0) is 0 Å². The van der Waals surface area contributed by atoms with E-state index in [1.54, 1.807) is 13.0 Å². The molecule has 0 spiro atoms. The molecule has 5 nitrogen and oxygen atoms in total. The molecule has 21 heavy (non-hydrogen) atoms. The second-order valence-electron chi connectivity index (χ2n) is 4.00. The van der Waals surface area contributed by atoms with Crippen molar-refractivity contribution in [3.8, 4) is 5.75 Å². The molecule has 0 atom stereocenters. The minimum Gasteiger partial charge on any atom is -0.491 e. The van der Waals surface area contributed by atoms with Gasteiger partial charge >= 0.3 is 0 Å². The van der Waals surface area contributed by atoms with Crippen molar-refractivity contribution in [2.75, 3.05) is 17.3 Å². The largest absolute Gasteiger partial charge is 0.491 e. The number of nitrogens with two attached hydrogens (primary N) is 1. The zero-order chi connectivity index (χ0) is 15.4. The molecule has 0 saturated heterocycles. The monoisotopic (exact) mass is 330 g/mol. The van der Waals surface area contributed by atoms with Gasteiger partial charge in [-0.25, -0.2) is 15.2 Å². The van der Waals surface area contributed by atoms with Crippen molar-refractivity contribution >= 4 is 40.5 Å². The van der Waals surface area contributed by atoms with Gasteiger partial charge in [-0.3, -0.25) is 0 Å². The summed E-state index contributed by atoms with van der Waals surface area (Å²) in [6.45, 7) is 2.17. The molecule has 0 fully saturated rings. The Morgan fingerprint density at radius 1 is 1.24 bits per heavy atom. The molecule has 0 unspecified atom stereocenters. The van der Waals surface area contributed by atoms with Gasteiger partial charge in [0.25, 0.3) is 0 Å². The summed E-state index contributed by atoms with van der Waals surface area (Å²) in [7, 11) is 0. The molecule has 2 rings (SSSR count). The summed E-state index contributed by atoms with van der Waals surface area (Å²) in [5, 5.41) is 3.46. The zero-order valence-electron chi connectivity index (χ0n) is 11.1. The molecule has 0 aliphatic heterocycles. The normalized spacial score (nSPS) is 10.3. The van der Waals surface area contributed by atoms with Gasteiger partial charge in [0.15, 0.2) is 23.2 Å². The molecule has 0 radical (unpaired) electrons. The molecule has 0 aliphatic rings. The third-order valence-electron chi connectivity index (χ3n) is 2.56. The Bertz CT molecular complexity index is 654. The van der Waals surface area contributed by atoms with Crippen molar-refractivity contribution in [2.45, 2.75) is 6.92 Å². The molecule has 4 N–H and O–H groups in total. The van der Waals surface area contributed by atoms with Crippen LogP contribution in [0.1, 0.15) is 6.92 Å². The maximum atomic E-state index is 13.8. The first-order chi connectivity index (χ1) is 10.0. The lowest BCUT2D eigenvalue weighted by atomic mass is 10.3. The number of pyridine rings is 1. The number of ether oxygens (including phenoxy) is 1. The quantitative estimate of drug-likeness (QED) is 0.571. The number of hydrogen-bond acceptors (Lipinski definition) is 5. The van der Waals surface area contributed by atoms with E-state index in [1.165, 1.54) is 18.2 Å². The fraction of sp³-hybridized carbons (Fsp3) is 0.154. The van der Waals surface area contributed by atoms with Crippen LogP contribution in [0.15, 0.2) is 24.3 Å². The van der Waals surface area contributed by atoms with Crippen molar-refractivity contribution < 1.29 is 9.13 Å². The molecule has 1 heterocycles. The number of anilines is 3. The van der Waals surface area contributed by atoms with E-state index in [2.05, 4.69) is 15.7 Å². The Balaban J connectivity index is 2.28. The van der Waals surface area contributed by atoms with E-state index in [-0.39, 0.29) is 21.6 Å². The first-order valence-corrected chi connectivity index (χ1v) is 6.82. The van der Waals surface area contributed by atoms with Crippen LogP contribution in [0.25, 0.3) is 0 Å². The van der Waals surface area contributed by atoms with Crippen LogP contribution in [-0.4, -0.2) is 11.6 Å². The molecule has 0 saturated carbocycles. The molecule has 0 aliphatic carbocycles. The highest BCUT2D eigenvalue weighted by Crippen LogP contribution is 2.31. The summed E-state index contributed by atoms with van der Waals surface area (Å²) < 4.78 is 18.9. The smallest absolute Gasteiger partial charge is 0.167 e. The third kappa shape index (κ3) is 3.66. The second-order valence-corrected chi connectivity index (χ2v) is 4.81. The number of hydrogen-bond donors (Lipinski definition) is 3. The van der Waals surface area contributed by atoms with Crippen LogP contribution in [0.5, 0.6) is 5.75 Å². The average molecular weight is 331 g/mol. The highest BCUT2D eigenvalue weighted by atomic mass is 35.5. The summed E-state index contributed by atoms with van der Waals surface area (Å²) in [4.78, 5) is 4.11. The Morgan fingerprint density at radius 3 is 2.57 bits per heavy atom. The van der Waals surface area contributed by atoms with Crippen LogP contribution in [0.3, 0.4) is 0 Å². The number of rotatable bonds is 5. The van der Waals surface area contributed by atoms with E-state index in [0.29, 0.717) is 18.1 Å². The number of halogens is 3. The standard InChI is InChI=1S/C13H13Cl2FN4O/c1-2-21-11-4-3-7(5-10(11)16)18-12-8(14)6-9(15)13(19-12)20-17/h3-6H,2,17H2,1H3,(H2,18,19,20). The summed E-state index contributed by atoms with van der Waals surface area (Å²) in [6.07, 6.45) is 0. The second kappa shape index (κ2) is 6.80. The minimum atomic E-state index is -0.482. The number of hydrazine groups is 1. The lowest BCUT2D eigenvalue weighted by Crippen LogP contribution is -2.10. The van der Waals surface area contributed by atoms with Crippen molar-refractivity contribution in [3.63, 3.8) is 0 Å². The van der Waals surface area contributed by atoms with E-state index < -0.39 is 5.82 Å². The number of nitrogens with zero attached hydrogens (tertiary/aromatic N) is 1. The third-order valence-corrected chi connectivity index (χ3v) is 3.14. The molecule has 8 heteroatoms. The van der Waals surface area contributed by atoms with Gasteiger partial charge in [-0.2, -0.15) is 0 Å². The van der Waals surface area contributed by atoms with Crippen molar-refractivity contribution in [2.24, 2.45) is 5.84 Å². The van der Waals surface area contributed by atoms with E-state index in [9.17, 15) is 4.39 Å². The topological polar surface area (TPSA) is 72.2 Å². The van der Waals surface area contributed by atoms with E-state index >= 15 is 0 Å².